The standard InChI is InChI=1S/C39H41N7O4S/c1-23-7-5-8-24(2)34(23)30-15-33-43-37(42-30)44-51(48,49)29-10-6-9-26(13-29)36(47)46(28(22-50-33)19-39-16-25(17-39)18-39)21-27-20-40-31-14-32(38(3)11-12-38)45(4)35(31)41-27/h5-10,13-15,20,25,28H,11-12,16-19,21-22H2,1-4H3,(H,42,43,44)/t25?,28-,39?/m1/s1. The maximum absolute atomic E-state index is 14.7. The topological polar surface area (TPSA) is 132 Å². The Morgan fingerprint density at radius 1 is 0.980 bits per heavy atom. The molecule has 5 aromatic rings. The van der Waals surface area contributed by atoms with Crippen molar-refractivity contribution in [2.75, 3.05) is 11.3 Å². The van der Waals surface area contributed by atoms with Crippen molar-refractivity contribution in [2.24, 2.45) is 18.4 Å². The Morgan fingerprint density at radius 2 is 1.73 bits per heavy atom. The van der Waals surface area contributed by atoms with Gasteiger partial charge >= 0.3 is 0 Å². The second-order valence-electron chi connectivity index (χ2n) is 15.6. The minimum absolute atomic E-state index is 0.0572. The van der Waals surface area contributed by atoms with Crippen LogP contribution in [0.1, 0.15) is 78.3 Å². The Morgan fingerprint density at radius 3 is 2.43 bits per heavy atom. The van der Waals surface area contributed by atoms with Gasteiger partial charge in [-0.2, -0.15) is 4.98 Å². The summed E-state index contributed by atoms with van der Waals surface area (Å²) in [5.41, 5.74) is 7.49. The summed E-state index contributed by atoms with van der Waals surface area (Å²) in [4.78, 5) is 35.5. The molecule has 2 aromatic carbocycles. The molecular weight excluding hydrogens is 663 g/mol. The molecule has 1 amide bonds. The second kappa shape index (κ2) is 11.3. The molecule has 0 radical (unpaired) electrons. The van der Waals surface area contributed by atoms with Crippen molar-refractivity contribution in [3.05, 3.63) is 88.9 Å². The van der Waals surface area contributed by atoms with Gasteiger partial charge in [-0.3, -0.25) is 9.78 Å². The Balaban J connectivity index is 1.16. The van der Waals surface area contributed by atoms with E-state index in [2.05, 4.69) is 32.2 Å². The van der Waals surface area contributed by atoms with Crippen LogP contribution in [-0.4, -0.2) is 56.4 Å². The number of nitrogens with zero attached hydrogens (tertiary/aromatic N) is 6. The molecule has 0 unspecified atom stereocenters. The lowest BCUT2D eigenvalue weighted by atomic mass is 9.43. The van der Waals surface area contributed by atoms with E-state index in [0.717, 1.165) is 72.3 Å². The van der Waals surface area contributed by atoms with Gasteiger partial charge in [-0.1, -0.05) is 31.2 Å². The average Bonchev–Trinajstić information content (AvgIpc) is 3.72. The number of sulfonamides is 1. The Kier molecular flexibility index (Phi) is 7.13. The van der Waals surface area contributed by atoms with Crippen molar-refractivity contribution in [3.63, 3.8) is 0 Å². The van der Waals surface area contributed by atoms with Crippen molar-refractivity contribution in [3.8, 4) is 17.1 Å². The van der Waals surface area contributed by atoms with Gasteiger partial charge in [-0.05, 0) is 99.1 Å². The third kappa shape index (κ3) is 5.55. The van der Waals surface area contributed by atoms with Crippen LogP contribution in [0.2, 0.25) is 0 Å². The molecule has 5 aliphatic rings. The molecule has 1 atom stereocenters. The maximum atomic E-state index is 14.7. The third-order valence-electron chi connectivity index (χ3n) is 11.8. The number of carbonyl (C=O) groups is 1. The van der Waals surface area contributed by atoms with Crippen LogP contribution in [0.5, 0.6) is 5.88 Å². The zero-order chi connectivity index (χ0) is 35.3. The highest BCUT2D eigenvalue weighted by atomic mass is 32.2. The minimum Gasteiger partial charge on any atom is -0.475 e. The van der Waals surface area contributed by atoms with Crippen LogP contribution in [0, 0.1) is 25.2 Å². The maximum Gasteiger partial charge on any atom is 0.264 e. The number of carbonyl (C=O) groups excluding carboxylic acids is 1. The number of ether oxygens (including phenoxy) is 1. The monoisotopic (exact) mass is 703 g/mol. The van der Waals surface area contributed by atoms with Crippen LogP contribution in [0.25, 0.3) is 22.4 Å². The summed E-state index contributed by atoms with van der Waals surface area (Å²) in [7, 11) is -2.13. The van der Waals surface area contributed by atoms with Gasteiger partial charge in [0.2, 0.25) is 11.8 Å². The highest BCUT2D eigenvalue weighted by molar-refractivity contribution is 7.92. The number of anilines is 1. The molecule has 4 fully saturated rings. The van der Waals surface area contributed by atoms with E-state index < -0.39 is 10.0 Å². The van der Waals surface area contributed by atoms with Crippen LogP contribution in [-0.2, 0) is 29.0 Å². The van der Waals surface area contributed by atoms with Gasteiger partial charge in [0.15, 0.2) is 5.65 Å². The van der Waals surface area contributed by atoms with Gasteiger partial charge in [0.05, 0.1) is 35.1 Å². The van der Waals surface area contributed by atoms with Crippen molar-refractivity contribution in [1.82, 2.24) is 29.4 Å². The highest BCUT2D eigenvalue weighted by Crippen LogP contribution is 2.67. The van der Waals surface area contributed by atoms with E-state index in [1.165, 1.54) is 17.8 Å². The second-order valence-corrected chi connectivity index (χ2v) is 17.3. The van der Waals surface area contributed by atoms with E-state index in [-0.39, 0.29) is 58.2 Å². The molecule has 11 nitrogen and oxygen atoms in total. The molecule has 3 aromatic heterocycles. The SMILES string of the molecule is Cc1cccc(C)c1-c1cc2nc(n1)NS(=O)(=O)c1cccc(c1)C(=O)N(Cc1cnc3cc(C4(C)CC4)n(C)c3n1)[C@H](CC13CC(C1)C3)CO2. The number of hydrogen-bond acceptors (Lipinski definition) is 8. The first-order valence-corrected chi connectivity index (χ1v) is 19.2. The number of rotatable bonds is 6. The fraction of sp³-hybridized carbons (Fsp3) is 0.410. The highest BCUT2D eigenvalue weighted by Gasteiger charge is 2.57. The minimum atomic E-state index is -4.17. The van der Waals surface area contributed by atoms with E-state index in [0.29, 0.717) is 11.4 Å². The number of amides is 1. The summed E-state index contributed by atoms with van der Waals surface area (Å²) in [5.74, 6) is 0.600. The number of hydrogen-bond donors (Lipinski definition) is 1. The number of fused-ring (bicyclic) bond motifs is 5. The van der Waals surface area contributed by atoms with Crippen molar-refractivity contribution in [1.29, 1.82) is 0 Å². The van der Waals surface area contributed by atoms with Gasteiger partial charge < -0.3 is 14.2 Å². The van der Waals surface area contributed by atoms with E-state index in [9.17, 15) is 13.2 Å². The Bertz CT molecular complexity index is 2330. The van der Waals surface area contributed by atoms with E-state index in [1.54, 1.807) is 24.4 Å². The number of nitrogens with one attached hydrogen (secondary N) is 1. The molecule has 4 heterocycles. The molecule has 51 heavy (non-hydrogen) atoms. The average molecular weight is 704 g/mol. The molecule has 0 saturated heterocycles. The van der Waals surface area contributed by atoms with Gasteiger partial charge in [-0.15, -0.1) is 0 Å². The molecule has 12 heteroatoms. The zero-order valence-electron chi connectivity index (χ0n) is 29.3. The first kappa shape index (κ1) is 32.1. The van der Waals surface area contributed by atoms with Crippen molar-refractivity contribution >= 4 is 33.0 Å². The Labute approximate surface area is 297 Å². The van der Waals surface area contributed by atoms with Crippen LogP contribution in [0.15, 0.2) is 65.7 Å². The smallest absolute Gasteiger partial charge is 0.264 e. The number of aromatic nitrogens is 5. The summed E-state index contributed by atoms with van der Waals surface area (Å²) in [6.07, 6.45) is 8.24. The molecule has 6 bridgehead atoms. The Hall–Kier alpha value is -4.84. The number of aryl methyl sites for hydroxylation is 3. The fourth-order valence-corrected chi connectivity index (χ4v) is 9.62. The summed E-state index contributed by atoms with van der Waals surface area (Å²) in [5, 5.41) is 0. The van der Waals surface area contributed by atoms with E-state index in [1.807, 2.05) is 44.0 Å². The van der Waals surface area contributed by atoms with E-state index >= 15 is 0 Å². The van der Waals surface area contributed by atoms with Gasteiger partial charge in [-0.25, -0.2) is 23.1 Å². The van der Waals surface area contributed by atoms with Crippen LogP contribution < -0.4 is 9.46 Å². The molecule has 1 N–H and O–H groups in total. The van der Waals surface area contributed by atoms with Crippen molar-refractivity contribution in [2.45, 2.75) is 82.2 Å². The van der Waals surface area contributed by atoms with Gasteiger partial charge in [0, 0.05) is 35.3 Å². The zero-order valence-corrected chi connectivity index (χ0v) is 30.1. The van der Waals surface area contributed by atoms with Crippen LogP contribution in [0.3, 0.4) is 0 Å². The third-order valence-corrected chi connectivity index (χ3v) is 13.1. The van der Waals surface area contributed by atoms with E-state index in [4.69, 9.17) is 14.7 Å². The quantitative estimate of drug-likeness (QED) is 0.212. The predicted octanol–water partition coefficient (Wildman–Crippen LogP) is 6.49. The molecule has 4 saturated carbocycles. The molecule has 0 spiro atoms. The fourth-order valence-electron chi connectivity index (χ4n) is 8.63. The molecule has 4 aliphatic carbocycles. The molecule has 262 valence electrons. The van der Waals surface area contributed by atoms with Gasteiger partial charge in [0.25, 0.3) is 15.9 Å². The summed E-state index contributed by atoms with van der Waals surface area (Å²) in [6, 6.07) is 15.7. The van der Waals surface area contributed by atoms with Crippen LogP contribution in [0.4, 0.5) is 5.95 Å². The predicted molar refractivity (Wildman–Crippen MR) is 193 cm³/mol. The van der Waals surface area contributed by atoms with Crippen molar-refractivity contribution < 1.29 is 17.9 Å². The van der Waals surface area contributed by atoms with Crippen LogP contribution >= 0.6 is 0 Å². The first-order valence-electron chi connectivity index (χ1n) is 17.7. The molecule has 1 aliphatic heterocycles. The lowest BCUT2D eigenvalue weighted by Crippen LogP contribution is -2.56. The normalized spacial score (nSPS) is 24.2. The largest absolute Gasteiger partial charge is 0.475 e. The van der Waals surface area contributed by atoms with Gasteiger partial charge in [0.1, 0.15) is 12.1 Å². The molecular formula is C39H41N7O4S. The summed E-state index contributed by atoms with van der Waals surface area (Å²) in [6.45, 7) is 6.61. The lowest BCUT2D eigenvalue weighted by Gasteiger charge is -2.63. The number of benzene rings is 2. The molecule has 10 rings (SSSR count). The summed E-state index contributed by atoms with van der Waals surface area (Å²) < 4.78 is 38.8. The lowest BCUT2D eigenvalue weighted by molar-refractivity contribution is -0.126. The first-order chi connectivity index (χ1) is 24.4. The summed E-state index contributed by atoms with van der Waals surface area (Å²) >= 11 is 0.